The second-order valence-corrected chi connectivity index (χ2v) is 6.50. The molecule has 19 heavy (non-hydrogen) atoms. The number of nitrogens with zero attached hydrogens (tertiary/aromatic N) is 1. The summed E-state index contributed by atoms with van der Waals surface area (Å²) in [5, 5.41) is 2.85. The van der Waals surface area contributed by atoms with E-state index < -0.39 is 5.54 Å². The fourth-order valence-corrected chi connectivity index (χ4v) is 3.01. The normalized spacial score (nSPS) is 27.6. The minimum absolute atomic E-state index is 0.00963. The molecule has 2 atom stereocenters. The third-order valence-corrected chi connectivity index (χ3v) is 4.91. The van der Waals surface area contributed by atoms with Gasteiger partial charge in [0, 0.05) is 6.54 Å². The molecular weight excluding hydrogens is 260 g/mol. The lowest BCUT2D eigenvalue weighted by Gasteiger charge is -2.46. The number of carbonyl (C=O) groups is 2. The number of hydrogen-bond donors (Lipinski definition) is 1. The van der Waals surface area contributed by atoms with Gasteiger partial charge in [-0.25, -0.2) is 0 Å². The highest BCUT2D eigenvalue weighted by Crippen LogP contribution is 2.26. The number of rotatable bonds is 7. The van der Waals surface area contributed by atoms with Gasteiger partial charge < -0.3 is 10.2 Å². The zero-order valence-corrected chi connectivity index (χ0v) is 13.3. The molecule has 2 amide bonds. The van der Waals surface area contributed by atoms with Crippen molar-refractivity contribution in [3.63, 3.8) is 0 Å². The van der Waals surface area contributed by atoms with Crippen LogP contribution in [0.4, 0.5) is 0 Å². The monoisotopic (exact) mass is 286 g/mol. The second kappa shape index (κ2) is 7.17. The van der Waals surface area contributed by atoms with E-state index in [4.69, 9.17) is 0 Å². The molecule has 0 aromatic carbocycles. The summed E-state index contributed by atoms with van der Waals surface area (Å²) in [6.45, 7) is 8.59. The highest BCUT2D eigenvalue weighted by atomic mass is 32.2. The predicted octanol–water partition coefficient (Wildman–Crippen LogP) is 2.04. The molecule has 0 radical (unpaired) electrons. The molecule has 1 fully saturated rings. The molecule has 1 saturated heterocycles. The molecule has 0 spiro atoms. The third kappa shape index (κ3) is 3.44. The lowest BCUT2D eigenvalue weighted by atomic mass is 9.90. The number of hydrogen-bond acceptors (Lipinski definition) is 3. The average Bonchev–Trinajstić information content (AvgIpc) is 2.42. The van der Waals surface area contributed by atoms with Crippen LogP contribution in [0.1, 0.15) is 47.0 Å². The first-order valence-electron chi connectivity index (χ1n) is 7.21. The van der Waals surface area contributed by atoms with E-state index in [1.54, 1.807) is 4.90 Å². The lowest BCUT2D eigenvalue weighted by molar-refractivity contribution is -0.156. The van der Waals surface area contributed by atoms with Crippen LogP contribution >= 0.6 is 11.8 Å². The predicted molar refractivity (Wildman–Crippen MR) is 80.2 cm³/mol. The molecule has 1 heterocycles. The zero-order valence-electron chi connectivity index (χ0n) is 12.5. The fraction of sp³-hybridized carbons (Fsp3) is 0.857. The summed E-state index contributed by atoms with van der Waals surface area (Å²) >= 11 is 1.87. The first-order valence-corrected chi connectivity index (χ1v) is 8.36. The fourth-order valence-electron chi connectivity index (χ4n) is 2.38. The Balaban J connectivity index is 2.78. The Morgan fingerprint density at radius 2 is 2.00 bits per heavy atom. The van der Waals surface area contributed by atoms with E-state index >= 15 is 0 Å². The standard InChI is InChI=1S/C14H26N2O2S/c1-5-11-12(17)16(9-8-10-19-7-3)14(4,6-2)13(18)15-11/h11H,5-10H2,1-4H3,(H,15,18). The number of thioether (sulfide) groups is 1. The molecule has 1 aliphatic heterocycles. The molecule has 1 aliphatic rings. The highest BCUT2D eigenvalue weighted by molar-refractivity contribution is 7.99. The van der Waals surface area contributed by atoms with Gasteiger partial charge in [-0.1, -0.05) is 20.8 Å². The van der Waals surface area contributed by atoms with E-state index in [1.807, 2.05) is 32.5 Å². The Kier molecular flexibility index (Phi) is 6.17. The van der Waals surface area contributed by atoms with Crippen molar-refractivity contribution in [1.29, 1.82) is 0 Å². The molecule has 110 valence electrons. The molecule has 0 saturated carbocycles. The van der Waals surface area contributed by atoms with Crippen LogP contribution in [0, 0.1) is 0 Å². The van der Waals surface area contributed by atoms with Crippen molar-refractivity contribution in [2.45, 2.75) is 58.5 Å². The van der Waals surface area contributed by atoms with Gasteiger partial charge >= 0.3 is 0 Å². The molecule has 0 bridgehead atoms. The van der Waals surface area contributed by atoms with Gasteiger partial charge in [-0.15, -0.1) is 0 Å². The van der Waals surface area contributed by atoms with E-state index in [9.17, 15) is 9.59 Å². The molecule has 1 rings (SSSR count). The Labute approximate surface area is 120 Å². The molecule has 4 nitrogen and oxygen atoms in total. The van der Waals surface area contributed by atoms with Crippen LogP contribution < -0.4 is 5.32 Å². The van der Waals surface area contributed by atoms with Gasteiger partial charge in [0.15, 0.2) is 0 Å². The van der Waals surface area contributed by atoms with E-state index in [0.29, 0.717) is 19.4 Å². The number of nitrogens with one attached hydrogen (secondary N) is 1. The van der Waals surface area contributed by atoms with Gasteiger partial charge in [-0.05, 0) is 37.7 Å². The maximum absolute atomic E-state index is 12.4. The quantitative estimate of drug-likeness (QED) is 0.729. The van der Waals surface area contributed by atoms with Crippen molar-refractivity contribution in [3.05, 3.63) is 0 Å². The Bertz CT molecular complexity index is 335. The molecular formula is C14H26N2O2S. The van der Waals surface area contributed by atoms with Crippen molar-refractivity contribution in [1.82, 2.24) is 10.2 Å². The number of amides is 2. The second-order valence-electron chi connectivity index (χ2n) is 5.10. The van der Waals surface area contributed by atoms with Gasteiger partial charge in [0.05, 0.1) is 0 Å². The van der Waals surface area contributed by atoms with Crippen LogP contribution in [-0.4, -0.2) is 46.3 Å². The van der Waals surface area contributed by atoms with Crippen molar-refractivity contribution in [2.75, 3.05) is 18.1 Å². The largest absolute Gasteiger partial charge is 0.342 e. The Hall–Kier alpha value is -0.710. The summed E-state index contributed by atoms with van der Waals surface area (Å²) in [7, 11) is 0. The minimum atomic E-state index is -0.681. The summed E-state index contributed by atoms with van der Waals surface area (Å²) in [4.78, 5) is 26.5. The van der Waals surface area contributed by atoms with Gasteiger partial charge in [-0.3, -0.25) is 9.59 Å². The van der Waals surface area contributed by atoms with E-state index in [1.165, 1.54) is 0 Å². The third-order valence-electron chi connectivity index (χ3n) is 3.93. The average molecular weight is 286 g/mol. The zero-order chi connectivity index (χ0) is 14.5. The van der Waals surface area contributed by atoms with Gasteiger partial charge in [0.25, 0.3) is 0 Å². The van der Waals surface area contributed by atoms with Gasteiger partial charge in [0.1, 0.15) is 11.6 Å². The van der Waals surface area contributed by atoms with Gasteiger partial charge in [-0.2, -0.15) is 11.8 Å². The van der Waals surface area contributed by atoms with E-state index in [-0.39, 0.29) is 17.9 Å². The first kappa shape index (κ1) is 16.3. The lowest BCUT2D eigenvalue weighted by Crippen LogP contribution is -2.69. The van der Waals surface area contributed by atoms with Crippen LogP contribution in [0.3, 0.4) is 0 Å². The van der Waals surface area contributed by atoms with Crippen molar-refractivity contribution < 1.29 is 9.59 Å². The number of carbonyl (C=O) groups excluding carboxylic acids is 2. The van der Waals surface area contributed by atoms with Crippen LogP contribution in [0.25, 0.3) is 0 Å². The van der Waals surface area contributed by atoms with E-state index in [2.05, 4.69) is 12.2 Å². The summed E-state index contributed by atoms with van der Waals surface area (Å²) in [5.41, 5.74) is -0.681. The molecule has 0 aromatic rings. The molecule has 0 aromatic heterocycles. The number of piperazine rings is 1. The highest BCUT2D eigenvalue weighted by Gasteiger charge is 2.47. The summed E-state index contributed by atoms with van der Waals surface area (Å²) in [6.07, 6.45) is 2.26. The van der Waals surface area contributed by atoms with Crippen LogP contribution in [-0.2, 0) is 9.59 Å². The molecule has 5 heteroatoms. The topological polar surface area (TPSA) is 49.4 Å². The summed E-state index contributed by atoms with van der Waals surface area (Å²) < 4.78 is 0. The maximum Gasteiger partial charge on any atom is 0.246 e. The summed E-state index contributed by atoms with van der Waals surface area (Å²) in [6, 6.07) is -0.342. The Morgan fingerprint density at radius 3 is 2.53 bits per heavy atom. The van der Waals surface area contributed by atoms with Crippen LogP contribution in [0.5, 0.6) is 0 Å². The van der Waals surface area contributed by atoms with E-state index in [0.717, 1.165) is 17.9 Å². The Morgan fingerprint density at radius 1 is 1.32 bits per heavy atom. The smallest absolute Gasteiger partial charge is 0.246 e. The van der Waals surface area contributed by atoms with Crippen LogP contribution in [0.15, 0.2) is 0 Å². The first-order chi connectivity index (χ1) is 9.01. The minimum Gasteiger partial charge on any atom is -0.342 e. The molecule has 1 N–H and O–H groups in total. The SMILES string of the molecule is CCSCCCN1C(=O)C(CC)NC(=O)C1(C)CC. The van der Waals surface area contributed by atoms with Crippen molar-refractivity contribution in [2.24, 2.45) is 0 Å². The van der Waals surface area contributed by atoms with Crippen LogP contribution in [0.2, 0.25) is 0 Å². The van der Waals surface area contributed by atoms with Crippen molar-refractivity contribution in [3.8, 4) is 0 Å². The summed E-state index contributed by atoms with van der Waals surface area (Å²) in [5.74, 6) is 2.20. The molecule has 2 unspecified atom stereocenters. The van der Waals surface area contributed by atoms with Crippen molar-refractivity contribution >= 4 is 23.6 Å². The van der Waals surface area contributed by atoms with Gasteiger partial charge in [0.2, 0.25) is 11.8 Å². The maximum atomic E-state index is 12.4. The molecule has 0 aliphatic carbocycles.